The fraction of sp³-hybridized carbons (Fsp3) is 0.545. The number of pyridine rings is 1. The third kappa shape index (κ3) is 1.73. The van der Waals surface area contributed by atoms with E-state index in [0.717, 1.165) is 24.4 Å². The molecule has 1 aliphatic heterocycles. The van der Waals surface area contributed by atoms with Gasteiger partial charge in [0.05, 0.1) is 0 Å². The summed E-state index contributed by atoms with van der Waals surface area (Å²) in [5.41, 5.74) is 2.12. The van der Waals surface area contributed by atoms with Gasteiger partial charge in [0.1, 0.15) is 0 Å². The molecule has 0 radical (unpaired) electrons. The summed E-state index contributed by atoms with van der Waals surface area (Å²) in [6.45, 7) is 3.06. The van der Waals surface area contributed by atoms with Crippen molar-refractivity contribution in [3.05, 3.63) is 33.7 Å². The van der Waals surface area contributed by atoms with E-state index < -0.39 is 0 Å². The molecular formula is C11H16N2O. The minimum Gasteiger partial charge on any atom is -0.361 e. The molecule has 1 aromatic heterocycles. The Morgan fingerprint density at radius 1 is 1.50 bits per heavy atom. The normalized spacial score (nSPS) is 22.9. The van der Waals surface area contributed by atoms with Gasteiger partial charge in [-0.3, -0.25) is 9.69 Å². The SMILES string of the molecule is Cc1cc(=O)cc([C@@H]2CCCN2C)[nH]1. The van der Waals surface area contributed by atoms with Crippen LogP contribution in [0.15, 0.2) is 16.9 Å². The molecule has 0 bridgehead atoms. The maximum absolute atomic E-state index is 11.3. The number of rotatable bonds is 1. The summed E-state index contributed by atoms with van der Waals surface area (Å²) in [5, 5.41) is 0. The zero-order chi connectivity index (χ0) is 10.1. The van der Waals surface area contributed by atoms with Gasteiger partial charge in [0.25, 0.3) is 0 Å². The standard InChI is InChI=1S/C11H16N2O/c1-8-6-9(14)7-10(12-8)11-4-3-5-13(11)2/h6-7,11H,3-5H2,1-2H3,(H,12,14)/t11-/m0/s1. The maximum atomic E-state index is 11.3. The third-order valence-electron chi connectivity index (χ3n) is 2.88. The minimum absolute atomic E-state index is 0.108. The van der Waals surface area contributed by atoms with Crippen molar-refractivity contribution >= 4 is 0 Å². The van der Waals surface area contributed by atoms with E-state index in [1.165, 1.54) is 6.42 Å². The highest BCUT2D eigenvalue weighted by Gasteiger charge is 2.23. The first-order valence-corrected chi connectivity index (χ1v) is 5.08. The van der Waals surface area contributed by atoms with Crippen LogP contribution >= 0.6 is 0 Å². The number of aromatic nitrogens is 1. The summed E-state index contributed by atoms with van der Waals surface area (Å²) in [5.74, 6) is 0. The van der Waals surface area contributed by atoms with E-state index in [4.69, 9.17) is 0 Å². The van der Waals surface area contributed by atoms with E-state index in [0.29, 0.717) is 6.04 Å². The van der Waals surface area contributed by atoms with E-state index in [-0.39, 0.29) is 5.43 Å². The van der Waals surface area contributed by atoms with Gasteiger partial charge in [0.2, 0.25) is 0 Å². The van der Waals surface area contributed by atoms with Crippen LogP contribution in [0.25, 0.3) is 0 Å². The van der Waals surface area contributed by atoms with Gasteiger partial charge in [0, 0.05) is 29.6 Å². The maximum Gasteiger partial charge on any atom is 0.182 e. The van der Waals surface area contributed by atoms with Gasteiger partial charge in [0.15, 0.2) is 5.43 Å². The molecule has 1 atom stereocenters. The molecule has 0 amide bonds. The molecule has 1 saturated heterocycles. The molecule has 1 aromatic rings. The van der Waals surface area contributed by atoms with Crippen molar-refractivity contribution in [2.45, 2.75) is 25.8 Å². The van der Waals surface area contributed by atoms with Crippen LogP contribution in [0.3, 0.4) is 0 Å². The van der Waals surface area contributed by atoms with Crippen molar-refractivity contribution in [3.63, 3.8) is 0 Å². The molecule has 0 aromatic carbocycles. The Morgan fingerprint density at radius 2 is 2.29 bits per heavy atom. The highest BCUT2D eigenvalue weighted by Crippen LogP contribution is 2.28. The zero-order valence-electron chi connectivity index (χ0n) is 8.71. The summed E-state index contributed by atoms with van der Waals surface area (Å²) in [7, 11) is 2.11. The lowest BCUT2D eigenvalue weighted by atomic mass is 10.1. The fourth-order valence-corrected chi connectivity index (χ4v) is 2.19. The lowest BCUT2D eigenvalue weighted by Crippen LogP contribution is -2.20. The Kier molecular flexibility index (Phi) is 2.42. The second-order valence-electron chi connectivity index (χ2n) is 4.09. The van der Waals surface area contributed by atoms with Crippen molar-refractivity contribution in [2.24, 2.45) is 0 Å². The van der Waals surface area contributed by atoms with Gasteiger partial charge in [-0.1, -0.05) is 0 Å². The number of nitrogens with one attached hydrogen (secondary N) is 1. The van der Waals surface area contributed by atoms with Crippen molar-refractivity contribution < 1.29 is 0 Å². The molecule has 1 fully saturated rings. The minimum atomic E-state index is 0.108. The van der Waals surface area contributed by atoms with Gasteiger partial charge in [-0.2, -0.15) is 0 Å². The molecule has 3 heteroatoms. The van der Waals surface area contributed by atoms with Crippen LogP contribution in [0, 0.1) is 6.92 Å². The number of likely N-dealkylation sites (tertiary alicyclic amines) is 1. The molecule has 1 aliphatic rings. The third-order valence-corrected chi connectivity index (χ3v) is 2.88. The lowest BCUT2D eigenvalue weighted by molar-refractivity contribution is 0.311. The Balaban J connectivity index is 2.36. The molecule has 0 aliphatic carbocycles. The summed E-state index contributed by atoms with van der Waals surface area (Å²) in [6.07, 6.45) is 2.37. The summed E-state index contributed by atoms with van der Waals surface area (Å²) < 4.78 is 0. The molecule has 76 valence electrons. The second kappa shape index (κ2) is 3.58. The molecular weight excluding hydrogens is 176 g/mol. The van der Waals surface area contributed by atoms with Crippen LogP contribution in [0.4, 0.5) is 0 Å². The quantitative estimate of drug-likeness (QED) is 0.731. The topological polar surface area (TPSA) is 36.1 Å². The lowest BCUT2D eigenvalue weighted by Gasteiger charge is -2.19. The van der Waals surface area contributed by atoms with Crippen molar-refractivity contribution in [1.29, 1.82) is 0 Å². The first-order valence-electron chi connectivity index (χ1n) is 5.08. The molecule has 0 saturated carbocycles. The van der Waals surface area contributed by atoms with E-state index >= 15 is 0 Å². The summed E-state index contributed by atoms with van der Waals surface area (Å²) >= 11 is 0. The van der Waals surface area contributed by atoms with E-state index in [2.05, 4.69) is 16.9 Å². The predicted octanol–water partition coefficient (Wildman–Crippen LogP) is 1.45. The van der Waals surface area contributed by atoms with Crippen molar-refractivity contribution in [2.75, 3.05) is 13.6 Å². The highest BCUT2D eigenvalue weighted by atomic mass is 16.1. The smallest absolute Gasteiger partial charge is 0.182 e. The Hall–Kier alpha value is -1.09. The molecule has 2 heterocycles. The van der Waals surface area contributed by atoms with Crippen LogP contribution in [0.1, 0.15) is 30.3 Å². The van der Waals surface area contributed by atoms with Crippen LogP contribution in [-0.4, -0.2) is 23.5 Å². The first-order chi connectivity index (χ1) is 6.66. The number of hydrogen-bond donors (Lipinski definition) is 1. The average Bonchev–Trinajstić information content (AvgIpc) is 2.49. The summed E-state index contributed by atoms with van der Waals surface area (Å²) in [4.78, 5) is 16.9. The van der Waals surface area contributed by atoms with Crippen LogP contribution < -0.4 is 5.43 Å². The number of H-pyrrole nitrogens is 1. The first kappa shape index (κ1) is 9.46. The van der Waals surface area contributed by atoms with Gasteiger partial charge < -0.3 is 4.98 Å². The zero-order valence-corrected chi connectivity index (χ0v) is 8.71. The van der Waals surface area contributed by atoms with Crippen LogP contribution in [-0.2, 0) is 0 Å². The molecule has 0 unspecified atom stereocenters. The van der Waals surface area contributed by atoms with Gasteiger partial charge >= 0.3 is 0 Å². The molecule has 2 rings (SSSR count). The fourth-order valence-electron chi connectivity index (χ4n) is 2.19. The predicted molar refractivity (Wildman–Crippen MR) is 56.4 cm³/mol. The van der Waals surface area contributed by atoms with Gasteiger partial charge in [-0.15, -0.1) is 0 Å². The van der Waals surface area contributed by atoms with Gasteiger partial charge in [-0.25, -0.2) is 0 Å². The highest BCUT2D eigenvalue weighted by molar-refractivity contribution is 5.14. The number of aromatic amines is 1. The molecule has 1 N–H and O–H groups in total. The Labute approximate surface area is 83.8 Å². The summed E-state index contributed by atoms with van der Waals surface area (Å²) in [6, 6.07) is 3.76. The molecule has 3 nitrogen and oxygen atoms in total. The van der Waals surface area contributed by atoms with Crippen LogP contribution in [0.2, 0.25) is 0 Å². The number of nitrogens with zero attached hydrogens (tertiary/aromatic N) is 1. The van der Waals surface area contributed by atoms with Crippen molar-refractivity contribution in [1.82, 2.24) is 9.88 Å². The largest absolute Gasteiger partial charge is 0.361 e. The second-order valence-corrected chi connectivity index (χ2v) is 4.09. The number of aryl methyl sites for hydroxylation is 1. The molecule has 0 spiro atoms. The van der Waals surface area contributed by atoms with E-state index in [9.17, 15) is 4.79 Å². The Bertz CT molecular complexity index is 383. The monoisotopic (exact) mass is 192 g/mol. The number of hydrogen-bond acceptors (Lipinski definition) is 2. The molecule has 14 heavy (non-hydrogen) atoms. The Morgan fingerprint density at radius 3 is 2.86 bits per heavy atom. The van der Waals surface area contributed by atoms with Crippen molar-refractivity contribution in [3.8, 4) is 0 Å². The average molecular weight is 192 g/mol. The van der Waals surface area contributed by atoms with E-state index in [1.807, 2.05) is 6.92 Å². The van der Waals surface area contributed by atoms with E-state index in [1.54, 1.807) is 12.1 Å². The van der Waals surface area contributed by atoms with Gasteiger partial charge in [-0.05, 0) is 33.4 Å². The van der Waals surface area contributed by atoms with Crippen LogP contribution in [0.5, 0.6) is 0 Å².